The highest BCUT2D eigenvalue weighted by Gasteiger charge is 2.18. The van der Waals surface area contributed by atoms with Crippen molar-refractivity contribution < 1.29 is 4.42 Å². The number of rotatable bonds is 8. The van der Waals surface area contributed by atoms with Crippen LogP contribution in [0.15, 0.2) is 220 Å². The number of nitrogens with zero attached hydrogens (tertiary/aromatic N) is 3. The standard InChI is InChI=1S/C52H37N3O/c1-53-52(47-21-12-22-48-49(47)46-20-11-19-45(50(46)56-48)43-31-27-41(28-32-43)38-15-7-3-8-16-38)55-51(44-33-29-42(30-34-44)39-17-9-4-10-18-39)54-35-36-23-25-40(26-24-36)37-13-5-2-6-14-37/h2-34H,1,35H2. The average Bonchev–Trinajstić information content (AvgIpc) is 3.67. The number of hydrogen-bond donors (Lipinski definition) is 0. The van der Waals surface area contributed by atoms with Crippen molar-refractivity contribution in [3.8, 4) is 44.5 Å². The van der Waals surface area contributed by atoms with E-state index in [0.29, 0.717) is 18.2 Å². The van der Waals surface area contributed by atoms with E-state index in [1.54, 1.807) is 0 Å². The third-order valence-electron chi connectivity index (χ3n) is 10.2. The quantitative estimate of drug-likeness (QED) is 0.114. The van der Waals surface area contributed by atoms with Crippen molar-refractivity contribution in [3.05, 3.63) is 217 Å². The van der Waals surface area contributed by atoms with Gasteiger partial charge in [-0.25, -0.2) is 9.98 Å². The number of hydrogen-bond acceptors (Lipinski definition) is 2. The van der Waals surface area contributed by atoms with Crippen LogP contribution < -0.4 is 0 Å². The molecule has 0 saturated heterocycles. The molecular formula is C52H37N3O. The fraction of sp³-hybridized carbons (Fsp3) is 0.0192. The molecule has 9 aromatic rings. The zero-order valence-corrected chi connectivity index (χ0v) is 30.7. The van der Waals surface area contributed by atoms with Gasteiger partial charge in [0.15, 0.2) is 11.7 Å². The molecule has 0 aliphatic heterocycles. The number of amidine groups is 2. The predicted octanol–water partition coefficient (Wildman–Crippen LogP) is 13.3. The van der Waals surface area contributed by atoms with Crippen LogP contribution in [0.1, 0.15) is 16.7 Å². The number of benzene rings is 8. The Hall–Kier alpha value is -7.43. The van der Waals surface area contributed by atoms with Gasteiger partial charge in [0.05, 0.1) is 6.54 Å². The highest BCUT2D eigenvalue weighted by Crippen LogP contribution is 2.38. The minimum absolute atomic E-state index is 0.448. The molecule has 0 fully saturated rings. The third kappa shape index (κ3) is 7.00. The molecule has 0 spiro atoms. The lowest BCUT2D eigenvalue weighted by Gasteiger charge is -2.09. The first kappa shape index (κ1) is 34.3. The molecule has 0 saturated carbocycles. The van der Waals surface area contributed by atoms with Crippen LogP contribution in [-0.4, -0.2) is 18.4 Å². The van der Waals surface area contributed by atoms with Crippen LogP contribution in [0.5, 0.6) is 0 Å². The molecule has 4 nitrogen and oxygen atoms in total. The van der Waals surface area contributed by atoms with Gasteiger partial charge in [-0.15, -0.1) is 0 Å². The molecule has 0 unspecified atom stereocenters. The molecule has 0 bridgehead atoms. The van der Waals surface area contributed by atoms with Crippen LogP contribution in [0, 0.1) is 0 Å². The van der Waals surface area contributed by atoms with Crippen LogP contribution in [0.25, 0.3) is 66.4 Å². The molecule has 0 atom stereocenters. The van der Waals surface area contributed by atoms with Crippen molar-refractivity contribution in [1.29, 1.82) is 0 Å². The van der Waals surface area contributed by atoms with Gasteiger partial charge < -0.3 is 4.42 Å². The Morgan fingerprint density at radius 2 is 0.946 bits per heavy atom. The maximum Gasteiger partial charge on any atom is 0.161 e. The lowest BCUT2D eigenvalue weighted by molar-refractivity contribution is 0.670. The third-order valence-corrected chi connectivity index (χ3v) is 10.2. The number of furan rings is 1. The smallest absolute Gasteiger partial charge is 0.161 e. The Morgan fingerprint density at radius 1 is 0.446 bits per heavy atom. The highest BCUT2D eigenvalue weighted by molar-refractivity contribution is 6.23. The van der Waals surface area contributed by atoms with Gasteiger partial charge in [-0.1, -0.05) is 194 Å². The van der Waals surface area contributed by atoms with Crippen molar-refractivity contribution >= 4 is 40.3 Å². The Morgan fingerprint density at radius 3 is 1.52 bits per heavy atom. The predicted molar refractivity (Wildman–Crippen MR) is 235 cm³/mol. The zero-order valence-electron chi connectivity index (χ0n) is 30.7. The molecule has 266 valence electrons. The molecule has 9 rings (SSSR count). The Bertz CT molecular complexity index is 2840. The van der Waals surface area contributed by atoms with Crippen molar-refractivity contribution in [3.63, 3.8) is 0 Å². The number of fused-ring (bicyclic) bond motifs is 3. The summed E-state index contributed by atoms with van der Waals surface area (Å²) in [5, 5.41) is 1.92. The van der Waals surface area contributed by atoms with Crippen molar-refractivity contribution in [1.82, 2.24) is 0 Å². The second-order valence-corrected chi connectivity index (χ2v) is 13.6. The van der Waals surface area contributed by atoms with E-state index in [-0.39, 0.29) is 0 Å². The van der Waals surface area contributed by atoms with Gasteiger partial charge >= 0.3 is 0 Å². The Labute approximate surface area is 326 Å². The molecular weight excluding hydrogens is 683 g/mol. The topological polar surface area (TPSA) is 50.2 Å². The first-order valence-corrected chi connectivity index (χ1v) is 18.7. The van der Waals surface area contributed by atoms with E-state index < -0.39 is 0 Å². The van der Waals surface area contributed by atoms with E-state index >= 15 is 0 Å². The summed E-state index contributed by atoms with van der Waals surface area (Å²) in [6.07, 6.45) is 0. The van der Waals surface area contributed by atoms with Gasteiger partial charge in [0, 0.05) is 27.5 Å². The fourth-order valence-corrected chi connectivity index (χ4v) is 7.25. The number of aliphatic imine (C=N–C) groups is 3. The zero-order chi connectivity index (χ0) is 37.7. The second kappa shape index (κ2) is 15.5. The lowest BCUT2D eigenvalue weighted by Crippen LogP contribution is -2.06. The minimum atomic E-state index is 0.448. The van der Waals surface area contributed by atoms with E-state index in [4.69, 9.17) is 14.4 Å². The molecule has 0 radical (unpaired) electrons. The summed E-state index contributed by atoms with van der Waals surface area (Å²) in [4.78, 5) is 14.8. The van der Waals surface area contributed by atoms with E-state index in [9.17, 15) is 0 Å². The first-order chi connectivity index (χ1) is 27.7. The van der Waals surface area contributed by atoms with E-state index in [1.165, 1.54) is 22.3 Å². The van der Waals surface area contributed by atoms with Gasteiger partial charge in [0.1, 0.15) is 11.2 Å². The molecule has 1 aromatic heterocycles. The summed E-state index contributed by atoms with van der Waals surface area (Å²) in [6.45, 7) is 4.45. The maximum absolute atomic E-state index is 6.63. The fourth-order valence-electron chi connectivity index (χ4n) is 7.25. The van der Waals surface area contributed by atoms with Gasteiger partial charge in [-0.05, 0) is 57.3 Å². The maximum atomic E-state index is 6.63. The van der Waals surface area contributed by atoms with Crippen LogP contribution in [0.2, 0.25) is 0 Å². The van der Waals surface area contributed by atoms with Gasteiger partial charge in [-0.2, -0.15) is 0 Å². The SMILES string of the molecule is C=NC(=NC(=NCc1ccc(-c2ccccc2)cc1)c1ccc(-c2ccccc2)cc1)c1cccc2oc3c(-c4ccc(-c5ccccc5)cc4)cccc3c12. The summed E-state index contributed by atoms with van der Waals surface area (Å²) < 4.78 is 6.63. The van der Waals surface area contributed by atoms with E-state index in [2.05, 4.69) is 176 Å². The lowest BCUT2D eigenvalue weighted by atomic mass is 9.98. The average molecular weight is 720 g/mol. The van der Waals surface area contributed by atoms with Crippen LogP contribution in [0.3, 0.4) is 0 Å². The van der Waals surface area contributed by atoms with Crippen LogP contribution in [-0.2, 0) is 6.54 Å². The molecule has 1 heterocycles. The molecule has 56 heavy (non-hydrogen) atoms. The summed E-state index contributed by atoms with van der Waals surface area (Å²) >= 11 is 0. The molecule has 4 heteroatoms. The minimum Gasteiger partial charge on any atom is -0.455 e. The molecule has 0 N–H and O–H groups in total. The van der Waals surface area contributed by atoms with Gasteiger partial charge in [0.2, 0.25) is 0 Å². The van der Waals surface area contributed by atoms with Crippen LogP contribution in [0.4, 0.5) is 0 Å². The second-order valence-electron chi connectivity index (χ2n) is 13.6. The van der Waals surface area contributed by atoms with Crippen molar-refractivity contribution in [2.45, 2.75) is 6.54 Å². The van der Waals surface area contributed by atoms with Crippen LogP contribution >= 0.6 is 0 Å². The molecule has 0 aliphatic rings. The highest BCUT2D eigenvalue weighted by atomic mass is 16.3. The van der Waals surface area contributed by atoms with E-state index in [1.807, 2.05) is 36.4 Å². The molecule has 0 amide bonds. The summed E-state index contributed by atoms with van der Waals surface area (Å²) in [6, 6.07) is 69.0. The normalized spacial score (nSPS) is 11.9. The molecule has 0 aliphatic carbocycles. The first-order valence-electron chi connectivity index (χ1n) is 18.7. The van der Waals surface area contributed by atoms with Gasteiger partial charge in [-0.3, -0.25) is 4.99 Å². The van der Waals surface area contributed by atoms with E-state index in [0.717, 1.165) is 60.9 Å². The molecule has 8 aromatic carbocycles. The van der Waals surface area contributed by atoms with Crippen molar-refractivity contribution in [2.24, 2.45) is 15.0 Å². The number of para-hydroxylation sites is 1. The van der Waals surface area contributed by atoms with Gasteiger partial charge in [0.25, 0.3) is 0 Å². The van der Waals surface area contributed by atoms with Crippen molar-refractivity contribution in [2.75, 3.05) is 0 Å². The Balaban J connectivity index is 1.11. The monoisotopic (exact) mass is 719 g/mol. The summed E-state index contributed by atoms with van der Waals surface area (Å²) in [5.74, 6) is 1.05. The Kier molecular flexibility index (Phi) is 9.51. The summed E-state index contributed by atoms with van der Waals surface area (Å²) in [5.41, 5.74) is 13.4. The largest absolute Gasteiger partial charge is 0.455 e. The summed E-state index contributed by atoms with van der Waals surface area (Å²) in [7, 11) is 0.